The lowest BCUT2D eigenvalue weighted by molar-refractivity contribution is 0.0953. The van der Waals surface area contributed by atoms with Gasteiger partial charge in [0.2, 0.25) is 0 Å². The van der Waals surface area contributed by atoms with Crippen LogP contribution in [0.3, 0.4) is 0 Å². The summed E-state index contributed by atoms with van der Waals surface area (Å²) in [6, 6.07) is 22.4. The van der Waals surface area contributed by atoms with Crippen molar-refractivity contribution in [3.8, 4) is 5.69 Å². The predicted molar refractivity (Wildman–Crippen MR) is 123 cm³/mol. The van der Waals surface area contributed by atoms with Crippen LogP contribution >= 0.6 is 0 Å². The molecule has 6 nitrogen and oxygen atoms in total. The molecule has 4 aromatic rings. The summed E-state index contributed by atoms with van der Waals surface area (Å²) in [4.78, 5) is 29.4. The smallest absolute Gasteiger partial charge is 0.255 e. The number of nitrogens with zero attached hydrogens (tertiary/aromatic N) is 2. The molecule has 156 valence electrons. The fourth-order valence-corrected chi connectivity index (χ4v) is 3.49. The summed E-state index contributed by atoms with van der Waals surface area (Å²) < 4.78 is 2.07. The number of anilines is 1. The quantitative estimate of drug-likeness (QED) is 0.481. The van der Waals surface area contributed by atoms with Gasteiger partial charge in [-0.3, -0.25) is 14.2 Å². The minimum atomic E-state index is -0.225. The van der Waals surface area contributed by atoms with Crippen LogP contribution in [0.4, 0.5) is 5.69 Å². The predicted octanol–water partition coefficient (Wildman–Crippen LogP) is 4.73. The van der Waals surface area contributed by atoms with Gasteiger partial charge in [0.1, 0.15) is 5.82 Å². The molecular formula is C25H24N4O2. The zero-order valence-corrected chi connectivity index (χ0v) is 17.6. The van der Waals surface area contributed by atoms with Crippen molar-refractivity contribution in [3.05, 3.63) is 89.7 Å². The van der Waals surface area contributed by atoms with Crippen LogP contribution in [0.15, 0.2) is 72.8 Å². The van der Waals surface area contributed by atoms with E-state index in [1.807, 2.05) is 50.2 Å². The molecule has 2 N–H and O–H groups in total. The lowest BCUT2D eigenvalue weighted by Gasteiger charge is -2.08. The molecule has 0 bridgehead atoms. The summed E-state index contributed by atoms with van der Waals surface area (Å²) in [5, 5.41) is 5.71. The Labute approximate surface area is 180 Å². The summed E-state index contributed by atoms with van der Waals surface area (Å²) in [5.74, 6) is 0.516. The number of hydrogen-bond donors (Lipinski definition) is 2. The highest BCUT2D eigenvalue weighted by atomic mass is 16.2. The van der Waals surface area contributed by atoms with Crippen molar-refractivity contribution in [2.45, 2.75) is 20.3 Å². The second-order valence-electron chi connectivity index (χ2n) is 7.32. The highest BCUT2D eigenvalue weighted by molar-refractivity contribution is 6.06. The van der Waals surface area contributed by atoms with E-state index in [-0.39, 0.29) is 11.8 Å². The third kappa shape index (κ3) is 4.33. The molecule has 0 saturated carbocycles. The molecule has 0 atom stereocenters. The van der Waals surface area contributed by atoms with Crippen LogP contribution in [-0.4, -0.2) is 27.9 Å². The van der Waals surface area contributed by atoms with E-state index in [0.29, 0.717) is 23.4 Å². The van der Waals surface area contributed by atoms with E-state index in [9.17, 15) is 9.59 Å². The second kappa shape index (κ2) is 8.83. The average molecular weight is 412 g/mol. The third-order valence-corrected chi connectivity index (χ3v) is 5.04. The Kier molecular flexibility index (Phi) is 5.80. The zero-order valence-electron chi connectivity index (χ0n) is 17.6. The van der Waals surface area contributed by atoms with Gasteiger partial charge in [0.15, 0.2) is 0 Å². The Morgan fingerprint density at radius 2 is 1.61 bits per heavy atom. The van der Waals surface area contributed by atoms with E-state index in [2.05, 4.69) is 20.2 Å². The normalized spacial score (nSPS) is 10.8. The maximum absolute atomic E-state index is 12.8. The number of carbonyl (C=O) groups excluding carboxylic acids is 2. The van der Waals surface area contributed by atoms with Gasteiger partial charge in [0.25, 0.3) is 11.8 Å². The molecule has 2 amide bonds. The maximum Gasteiger partial charge on any atom is 0.255 e. The minimum absolute atomic E-state index is 0.116. The number of nitrogens with one attached hydrogen (secondary N) is 2. The molecule has 1 heterocycles. The zero-order chi connectivity index (χ0) is 21.8. The number of carbonyl (C=O) groups is 2. The van der Waals surface area contributed by atoms with E-state index in [4.69, 9.17) is 0 Å². The molecule has 0 fully saturated rings. The van der Waals surface area contributed by atoms with Crippen LogP contribution in [0.2, 0.25) is 0 Å². The van der Waals surface area contributed by atoms with Gasteiger partial charge in [0.05, 0.1) is 11.0 Å². The van der Waals surface area contributed by atoms with Crippen molar-refractivity contribution >= 4 is 28.5 Å². The number of benzene rings is 3. The Bertz CT molecular complexity index is 1230. The van der Waals surface area contributed by atoms with E-state index >= 15 is 0 Å². The Balaban J connectivity index is 1.53. The number of hydrogen-bond acceptors (Lipinski definition) is 3. The van der Waals surface area contributed by atoms with Crippen molar-refractivity contribution in [2.75, 3.05) is 11.9 Å². The number of amides is 2. The highest BCUT2D eigenvalue weighted by Crippen LogP contribution is 2.23. The summed E-state index contributed by atoms with van der Waals surface area (Å²) >= 11 is 0. The monoisotopic (exact) mass is 412 g/mol. The first-order valence-corrected chi connectivity index (χ1v) is 10.3. The lowest BCUT2D eigenvalue weighted by Crippen LogP contribution is -2.23. The van der Waals surface area contributed by atoms with Gasteiger partial charge in [-0.25, -0.2) is 4.98 Å². The Morgan fingerprint density at radius 1 is 0.903 bits per heavy atom. The number of aryl methyl sites for hydroxylation is 1. The summed E-state index contributed by atoms with van der Waals surface area (Å²) in [7, 11) is 0. The molecule has 1 aromatic heterocycles. The molecule has 6 heteroatoms. The van der Waals surface area contributed by atoms with Crippen molar-refractivity contribution in [1.82, 2.24) is 14.9 Å². The van der Waals surface area contributed by atoms with Crippen LogP contribution in [0.25, 0.3) is 16.7 Å². The fraction of sp³-hybridized carbons (Fsp3) is 0.160. The molecular weight excluding hydrogens is 388 g/mol. The number of para-hydroxylation sites is 1. The van der Waals surface area contributed by atoms with E-state index < -0.39 is 0 Å². The van der Waals surface area contributed by atoms with Gasteiger partial charge in [-0.15, -0.1) is 0 Å². The fourth-order valence-electron chi connectivity index (χ4n) is 3.49. The average Bonchev–Trinajstić information content (AvgIpc) is 3.13. The lowest BCUT2D eigenvalue weighted by atomic mass is 10.1. The summed E-state index contributed by atoms with van der Waals surface area (Å²) in [6.07, 6.45) is 0.882. The van der Waals surface area contributed by atoms with Crippen LogP contribution in [0, 0.1) is 6.92 Å². The first-order chi connectivity index (χ1) is 15.1. The van der Waals surface area contributed by atoms with E-state index in [1.54, 1.807) is 36.4 Å². The van der Waals surface area contributed by atoms with Crippen molar-refractivity contribution in [3.63, 3.8) is 0 Å². The van der Waals surface area contributed by atoms with Gasteiger partial charge in [-0.05, 0) is 67.9 Å². The van der Waals surface area contributed by atoms with E-state index in [1.165, 1.54) is 0 Å². The summed E-state index contributed by atoms with van der Waals surface area (Å²) in [5.41, 5.74) is 4.45. The molecule has 31 heavy (non-hydrogen) atoms. The van der Waals surface area contributed by atoms with Gasteiger partial charge < -0.3 is 10.6 Å². The molecule has 0 unspecified atom stereocenters. The minimum Gasteiger partial charge on any atom is -0.352 e. The number of rotatable bonds is 6. The van der Waals surface area contributed by atoms with Gasteiger partial charge in [-0.2, -0.15) is 0 Å². The second-order valence-corrected chi connectivity index (χ2v) is 7.32. The largest absolute Gasteiger partial charge is 0.352 e. The molecule has 0 spiro atoms. The molecule has 0 aliphatic rings. The van der Waals surface area contributed by atoms with Gasteiger partial charge >= 0.3 is 0 Å². The molecule has 0 saturated heterocycles. The standard InChI is InChI=1S/C25H24N4O2/c1-3-15-26-24(30)18-9-12-20(13-10-18)28-25(31)19-11-14-23-22(16-19)27-17(2)29(23)21-7-5-4-6-8-21/h4-14,16H,3,15H2,1-2H3,(H,26,30)(H,28,31). The molecule has 4 rings (SSSR count). The SMILES string of the molecule is CCCNC(=O)c1ccc(NC(=O)c2ccc3c(c2)nc(C)n3-c2ccccc2)cc1. The molecule has 0 aliphatic heterocycles. The van der Waals surface area contributed by atoms with Crippen LogP contribution in [-0.2, 0) is 0 Å². The molecule has 3 aromatic carbocycles. The van der Waals surface area contributed by atoms with Crippen molar-refractivity contribution < 1.29 is 9.59 Å². The molecule has 0 radical (unpaired) electrons. The highest BCUT2D eigenvalue weighted by Gasteiger charge is 2.13. The third-order valence-electron chi connectivity index (χ3n) is 5.04. The number of imidazole rings is 1. The first kappa shape index (κ1) is 20.3. The van der Waals surface area contributed by atoms with Crippen LogP contribution < -0.4 is 10.6 Å². The van der Waals surface area contributed by atoms with Crippen LogP contribution in [0.5, 0.6) is 0 Å². The Morgan fingerprint density at radius 3 is 2.32 bits per heavy atom. The van der Waals surface area contributed by atoms with Gasteiger partial charge in [-0.1, -0.05) is 25.1 Å². The summed E-state index contributed by atoms with van der Waals surface area (Å²) in [6.45, 7) is 4.59. The molecule has 0 aliphatic carbocycles. The number of aromatic nitrogens is 2. The van der Waals surface area contributed by atoms with Crippen molar-refractivity contribution in [2.24, 2.45) is 0 Å². The first-order valence-electron chi connectivity index (χ1n) is 10.3. The van der Waals surface area contributed by atoms with Gasteiger partial charge in [0, 0.05) is 29.0 Å². The van der Waals surface area contributed by atoms with Crippen molar-refractivity contribution in [1.29, 1.82) is 0 Å². The maximum atomic E-state index is 12.8. The Hall–Kier alpha value is -3.93. The topological polar surface area (TPSA) is 76.0 Å². The van der Waals surface area contributed by atoms with Crippen LogP contribution in [0.1, 0.15) is 39.9 Å². The van der Waals surface area contributed by atoms with E-state index in [0.717, 1.165) is 29.0 Å². The number of fused-ring (bicyclic) bond motifs is 1.